The molecule has 0 aliphatic rings. The van der Waals surface area contributed by atoms with Crippen LogP contribution < -0.4 is 14.8 Å². The second-order valence-electron chi connectivity index (χ2n) is 5.48. The second kappa shape index (κ2) is 8.34. The van der Waals surface area contributed by atoms with Gasteiger partial charge >= 0.3 is 0 Å². The van der Waals surface area contributed by atoms with Gasteiger partial charge < -0.3 is 14.8 Å². The summed E-state index contributed by atoms with van der Waals surface area (Å²) in [7, 11) is 3.11. The molecule has 0 aliphatic heterocycles. The molecule has 0 saturated heterocycles. The summed E-state index contributed by atoms with van der Waals surface area (Å²) in [6, 6.07) is 11.5. The molecule has 1 amide bonds. The van der Waals surface area contributed by atoms with E-state index in [-0.39, 0.29) is 17.6 Å². The Morgan fingerprint density at radius 2 is 1.75 bits per heavy atom. The Hall–Kier alpha value is -2.56. The van der Waals surface area contributed by atoms with Crippen molar-refractivity contribution in [1.82, 2.24) is 0 Å². The van der Waals surface area contributed by atoms with Crippen LogP contribution in [-0.2, 0) is 4.79 Å². The molecule has 5 heteroatoms. The zero-order chi connectivity index (χ0) is 17.5. The van der Waals surface area contributed by atoms with E-state index >= 15 is 0 Å². The Labute approximate surface area is 141 Å². The number of carbonyl (C=O) groups is 1. The van der Waals surface area contributed by atoms with Crippen molar-refractivity contribution in [2.75, 3.05) is 19.5 Å². The Morgan fingerprint density at radius 1 is 1.08 bits per heavy atom. The van der Waals surface area contributed by atoms with Crippen molar-refractivity contribution in [3.8, 4) is 11.5 Å². The Kier molecular flexibility index (Phi) is 6.18. The van der Waals surface area contributed by atoms with Gasteiger partial charge in [-0.1, -0.05) is 19.1 Å². The molecule has 4 nitrogen and oxygen atoms in total. The zero-order valence-electron chi connectivity index (χ0n) is 14.1. The first-order valence-electron chi connectivity index (χ1n) is 7.84. The predicted molar refractivity (Wildman–Crippen MR) is 92.2 cm³/mol. The average Bonchev–Trinajstić information content (AvgIpc) is 2.60. The molecule has 24 heavy (non-hydrogen) atoms. The van der Waals surface area contributed by atoms with Crippen molar-refractivity contribution in [3.05, 3.63) is 53.8 Å². The van der Waals surface area contributed by atoms with Crippen LogP contribution in [0.15, 0.2) is 42.5 Å². The van der Waals surface area contributed by atoms with Crippen LogP contribution in [0.3, 0.4) is 0 Å². The van der Waals surface area contributed by atoms with Gasteiger partial charge in [-0.25, -0.2) is 4.39 Å². The molecule has 0 aliphatic carbocycles. The van der Waals surface area contributed by atoms with E-state index in [0.717, 1.165) is 12.0 Å². The Bertz CT molecular complexity index is 686. The van der Waals surface area contributed by atoms with E-state index in [0.29, 0.717) is 23.6 Å². The summed E-state index contributed by atoms with van der Waals surface area (Å²) < 4.78 is 23.4. The van der Waals surface area contributed by atoms with Crippen LogP contribution in [0.1, 0.15) is 31.2 Å². The van der Waals surface area contributed by atoms with Crippen LogP contribution in [0.4, 0.5) is 10.1 Å². The first kappa shape index (κ1) is 17.8. The molecule has 2 aromatic rings. The summed E-state index contributed by atoms with van der Waals surface area (Å²) in [5.74, 6) is 0.835. The van der Waals surface area contributed by atoms with Crippen molar-refractivity contribution in [2.45, 2.75) is 25.7 Å². The SMILES string of the molecule is CCC(CC(=O)Nc1ccc(OC)c(OC)c1)c1ccc(F)cc1. The van der Waals surface area contributed by atoms with Gasteiger partial charge in [-0.3, -0.25) is 4.79 Å². The molecule has 2 aromatic carbocycles. The highest BCUT2D eigenvalue weighted by Gasteiger charge is 2.15. The first-order chi connectivity index (χ1) is 11.6. The third-order valence-electron chi connectivity index (χ3n) is 3.93. The highest BCUT2D eigenvalue weighted by molar-refractivity contribution is 5.91. The largest absolute Gasteiger partial charge is 0.493 e. The molecule has 0 radical (unpaired) electrons. The molecule has 0 fully saturated rings. The summed E-state index contributed by atoms with van der Waals surface area (Å²) in [6.07, 6.45) is 1.13. The van der Waals surface area contributed by atoms with E-state index in [1.165, 1.54) is 12.1 Å². The van der Waals surface area contributed by atoms with Gasteiger partial charge in [0.2, 0.25) is 5.91 Å². The molecular weight excluding hydrogens is 309 g/mol. The highest BCUT2D eigenvalue weighted by atomic mass is 19.1. The number of carbonyl (C=O) groups excluding carboxylic acids is 1. The number of ether oxygens (including phenoxy) is 2. The molecule has 0 aromatic heterocycles. The topological polar surface area (TPSA) is 47.6 Å². The number of methoxy groups -OCH3 is 2. The normalized spacial score (nSPS) is 11.7. The number of nitrogens with one attached hydrogen (secondary N) is 1. The van der Waals surface area contributed by atoms with Crippen LogP contribution in [0, 0.1) is 5.82 Å². The lowest BCUT2D eigenvalue weighted by atomic mass is 9.93. The molecule has 0 spiro atoms. The molecular formula is C19H22FNO3. The standard InChI is InChI=1S/C19H22FNO3/c1-4-13(14-5-7-15(20)8-6-14)11-19(22)21-16-9-10-17(23-2)18(12-16)24-3/h5-10,12-13H,4,11H2,1-3H3,(H,21,22). The molecule has 0 saturated carbocycles. The second-order valence-corrected chi connectivity index (χ2v) is 5.48. The summed E-state index contributed by atoms with van der Waals surface area (Å²) in [6.45, 7) is 2.01. The smallest absolute Gasteiger partial charge is 0.224 e. The van der Waals surface area contributed by atoms with Gasteiger partial charge in [0, 0.05) is 18.2 Å². The van der Waals surface area contributed by atoms with Crippen LogP contribution in [0.2, 0.25) is 0 Å². The molecule has 0 heterocycles. The third kappa shape index (κ3) is 4.47. The molecule has 1 N–H and O–H groups in total. The van der Waals surface area contributed by atoms with Crippen molar-refractivity contribution in [3.63, 3.8) is 0 Å². The molecule has 1 atom stereocenters. The van der Waals surface area contributed by atoms with Gasteiger partial charge in [0.05, 0.1) is 14.2 Å². The van der Waals surface area contributed by atoms with Crippen LogP contribution in [0.25, 0.3) is 0 Å². The van der Waals surface area contributed by atoms with Gasteiger partial charge in [0.1, 0.15) is 5.82 Å². The average molecular weight is 331 g/mol. The number of hydrogen-bond donors (Lipinski definition) is 1. The number of hydrogen-bond acceptors (Lipinski definition) is 3. The van der Waals surface area contributed by atoms with Crippen LogP contribution in [0.5, 0.6) is 11.5 Å². The number of halogens is 1. The van der Waals surface area contributed by atoms with Crippen LogP contribution in [-0.4, -0.2) is 20.1 Å². The number of benzene rings is 2. The van der Waals surface area contributed by atoms with Gasteiger partial charge in [0.15, 0.2) is 11.5 Å². The fourth-order valence-corrected chi connectivity index (χ4v) is 2.58. The number of anilines is 1. The van der Waals surface area contributed by atoms with E-state index in [2.05, 4.69) is 5.32 Å². The lowest BCUT2D eigenvalue weighted by molar-refractivity contribution is -0.116. The molecule has 2 rings (SSSR count). The van der Waals surface area contributed by atoms with Gasteiger partial charge in [0.25, 0.3) is 0 Å². The fourth-order valence-electron chi connectivity index (χ4n) is 2.58. The van der Waals surface area contributed by atoms with E-state index < -0.39 is 0 Å². The van der Waals surface area contributed by atoms with E-state index in [9.17, 15) is 9.18 Å². The number of rotatable bonds is 7. The molecule has 128 valence electrons. The summed E-state index contributed by atoms with van der Waals surface area (Å²) >= 11 is 0. The summed E-state index contributed by atoms with van der Waals surface area (Å²) in [5.41, 5.74) is 1.60. The Morgan fingerprint density at radius 3 is 2.33 bits per heavy atom. The third-order valence-corrected chi connectivity index (χ3v) is 3.93. The first-order valence-corrected chi connectivity index (χ1v) is 7.84. The predicted octanol–water partition coefficient (Wildman–Crippen LogP) is 4.37. The maximum Gasteiger partial charge on any atom is 0.224 e. The molecule has 0 bridgehead atoms. The van der Waals surface area contributed by atoms with E-state index in [1.807, 2.05) is 6.92 Å². The fraction of sp³-hybridized carbons (Fsp3) is 0.316. The monoisotopic (exact) mass is 331 g/mol. The lowest BCUT2D eigenvalue weighted by Crippen LogP contribution is -2.15. The van der Waals surface area contributed by atoms with Crippen molar-refractivity contribution < 1.29 is 18.7 Å². The highest BCUT2D eigenvalue weighted by Crippen LogP contribution is 2.30. The van der Waals surface area contributed by atoms with Crippen molar-refractivity contribution in [1.29, 1.82) is 0 Å². The maximum absolute atomic E-state index is 13.0. The minimum absolute atomic E-state index is 0.0470. The van der Waals surface area contributed by atoms with Gasteiger partial charge in [-0.05, 0) is 42.2 Å². The minimum Gasteiger partial charge on any atom is -0.493 e. The van der Waals surface area contributed by atoms with E-state index in [4.69, 9.17) is 9.47 Å². The summed E-state index contributed by atoms with van der Waals surface area (Å²) in [5, 5.41) is 2.87. The van der Waals surface area contributed by atoms with Crippen LogP contribution >= 0.6 is 0 Å². The number of amides is 1. The van der Waals surface area contributed by atoms with Gasteiger partial charge in [-0.15, -0.1) is 0 Å². The van der Waals surface area contributed by atoms with Crippen molar-refractivity contribution in [2.24, 2.45) is 0 Å². The van der Waals surface area contributed by atoms with Crippen molar-refractivity contribution >= 4 is 11.6 Å². The Balaban J connectivity index is 2.05. The van der Waals surface area contributed by atoms with Gasteiger partial charge in [-0.2, -0.15) is 0 Å². The minimum atomic E-state index is -0.275. The summed E-state index contributed by atoms with van der Waals surface area (Å²) in [4.78, 5) is 12.3. The lowest BCUT2D eigenvalue weighted by Gasteiger charge is -2.16. The zero-order valence-corrected chi connectivity index (χ0v) is 14.1. The quantitative estimate of drug-likeness (QED) is 0.820. The maximum atomic E-state index is 13.0. The molecule has 1 unspecified atom stereocenters. The van der Waals surface area contributed by atoms with E-state index in [1.54, 1.807) is 44.6 Å².